The molecule has 1 unspecified atom stereocenters. The molecule has 3 rings (SSSR count). The van der Waals surface area contributed by atoms with Crippen LogP contribution in [-0.2, 0) is 4.79 Å². The SMILES string of the molecule is Cc1nc(C2CCN(CC3CCC(=O)N(C(C)C)C3)CC2)n[nH]1. The molecule has 128 valence electrons. The Morgan fingerprint density at radius 3 is 2.61 bits per heavy atom. The molecule has 1 atom stereocenters. The summed E-state index contributed by atoms with van der Waals surface area (Å²) in [6.45, 7) is 10.5. The molecule has 1 N–H and O–H groups in total. The highest BCUT2D eigenvalue weighted by molar-refractivity contribution is 5.77. The average molecular weight is 319 g/mol. The zero-order valence-electron chi connectivity index (χ0n) is 14.6. The number of carbonyl (C=O) groups excluding carboxylic acids is 1. The number of H-pyrrole nitrogens is 1. The highest BCUT2D eigenvalue weighted by Gasteiger charge is 2.30. The van der Waals surface area contributed by atoms with E-state index in [0.29, 0.717) is 23.8 Å². The van der Waals surface area contributed by atoms with Crippen LogP contribution in [0, 0.1) is 12.8 Å². The number of carbonyl (C=O) groups is 1. The van der Waals surface area contributed by atoms with Crippen molar-refractivity contribution >= 4 is 5.91 Å². The minimum Gasteiger partial charge on any atom is -0.340 e. The van der Waals surface area contributed by atoms with Crippen LogP contribution >= 0.6 is 0 Å². The van der Waals surface area contributed by atoms with Crippen molar-refractivity contribution in [1.82, 2.24) is 25.0 Å². The molecule has 1 aromatic heterocycles. The van der Waals surface area contributed by atoms with Crippen molar-refractivity contribution in [3.8, 4) is 0 Å². The molecule has 2 aliphatic heterocycles. The molecular formula is C17H29N5O. The van der Waals surface area contributed by atoms with E-state index in [4.69, 9.17) is 0 Å². The number of nitrogens with zero attached hydrogens (tertiary/aromatic N) is 4. The number of amides is 1. The Kier molecular flexibility index (Phi) is 4.99. The van der Waals surface area contributed by atoms with E-state index >= 15 is 0 Å². The van der Waals surface area contributed by atoms with Crippen LogP contribution in [0.15, 0.2) is 0 Å². The zero-order chi connectivity index (χ0) is 16.4. The van der Waals surface area contributed by atoms with E-state index in [1.54, 1.807) is 0 Å². The number of piperidine rings is 2. The number of rotatable bonds is 4. The third-order valence-electron chi connectivity index (χ3n) is 5.25. The maximum atomic E-state index is 12.0. The molecule has 1 amide bonds. The first-order chi connectivity index (χ1) is 11.0. The minimum atomic E-state index is 0.324. The number of aryl methyl sites for hydroxylation is 1. The van der Waals surface area contributed by atoms with E-state index in [0.717, 1.165) is 63.5 Å². The minimum absolute atomic E-state index is 0.324. The van der Waals surface area contributed by atoms with Gasteiger partial charge in [0, 0.05) is 31.5 Å². The molecule has 3 heterocycles. The molecule has 6 nitrogen and oxygen atoms in total. The van der Waals surface area contributed by atoms with Crippen LogP contribution in [0.5, 0.6) is 0 Å². The van der Waals surface area contributed by atoms with Gasteiger partial charge in [0.2, 0.25) is 5.91 Å². The highest BCUT2D eigenvalue weighted by Crippen LogP contribution is 2.27. The summed E-state index contributed by atoms with van der Waals surface area (Å²) >= 11 is 0. The summed E-state index contributed by atoms with van der Waals surface area (Å²) in [7, 11) is 0. The molecule has 1 aromatic rings. The molecule has 2 aliphatic rings. The quantitative estimate of drug-likeness (QED) is 0.921. The number of hydrogen-bond acceptors (Lipinski definition) is 4. The van der Waals surface area contributed by atoms with Crippen LogP contribution in [0.1, 0.15) is 57.1 Å². The predicted molar refractivity (Wildman–Crippen MR) is 89.1 cm³/mol. The van der Waals surface area contributed by atoms with Gasteiger partial charge in [-0.2, -0.15) is 5.10 Å². The Morgan fingerprint density at radius 1 is 1.26 bits per heavy atom. The van der Waals surface area contributed by atoms with Crippen molar-refractivity contribution in [2.75, 3.05) is 26.2 Å². The lowest BCUT2D eigenvalue weighted by molar-refractivity contribution is -0.137. The molecule has 0 saturated carbocycles. The van der Waals surface area contributed by atoms with Gasteiger partial charge in [-0.25, -0.2) is 4.98 Å². The van der Waals surface area contributed by atoms with E-state index in [1.165, 1.54) is 0 Å². The summed E-state index contributed by atoms with van der Waals surface area (Å²) < 4.78 is 0. The molecule has 0 aliphatic carbocycles. The van der Waals surface area contributed by atoms with Crippen molar-refractivity contribution in [1.29, 1.82) is 0 Å². The second-order valence-corrected chi connectivity index (χ2v) is 7.40. The fourth-order valence-corrected chi connectivity index (χ4v) is 3.87. The van der Waals surface area contributed by atoms with E-state index < -0.39 is 0 Å². The topological polar surface area (TPSA) is 65.1 Å². The number of likely N-dealkylation sites (tertiary alicyclic amines) is 2. The van der Waals surface area contributed by atoms with Gasteiger partial charge in [-0.1, -0.05) is 0 Å². The lowest BCUT2D eigenvalue weighted by atomic mass is 9.92. The van der Waals surface area contributed by atoms with Gasteiger partial charge in [0.05, 0.1) is 0 Å². The first kappa shape index (κ1) is 16.4. The summed E-state index contributed by atoms with van der Waals surface area (Å²) in [5.74, 6) is 3.34. The van der Waals surface area contributed by atoms with Crippen LogP contribution in [0.4, 0.5) is 0 Å². The standard InChI is InChI=1S/C17H29N5O/c1-12(2)22-11-14(4-5-16(22)23)10-21-8-6-15(7-9-21)17-18-13(3)19-20-17/h12,14-15H,4-11H2,1-3H3,(H,18,19,20). The Bertz CT molecular complexity index is 533. The van der Waals surface area contributed by atoms with E-state index in [9.17, 15) is 4.79 Å². The van der Waals surface area contributed by atoms with Gasteiger partial charge < -0.3 is 9.80 Å². The van der Waals surface area contributed by atoms with E-state index in [-0.39, 0.29) is 0 Å². The van der Waals surface area contributed by atoms with Crippen LogP contribution in [0.25, 0.3) is 0 Å². The fourth-order valence-electron chi connectivity index (χ4n) is 3.87. The molecule has 0 radical (unpaired) electrons. The molecule has 0 bridgehead atoms. The van der Waals surface area contributed by atoms with Gasteiger partial charge in [0.15, 0.2) is 5.82 Å². The van der Waals surface area contributed by atoms with E-state index in [1.807, 2.05) is 6.92 Å². The summed E-state index contributed by atoms with van der Waals surface area (Å²) in [6, 6.07) is 0.324. The molecule has 0 spiro atoms. The molecule has 23 heavy (non-hydrogen) atoms. The zero-order valence-corrected chi connectivity index (χ0v) is 14.6. The first-order valence-corrected chi connectivity index (χ1v) is 8.93. The summed E-state index contributed by atoms with van der Waals surface area (Å²) in [4.78, 5) is 21.1. The van der Waals surface area contributed by atoms with Crippen molar-refractivity contribution in [2.24, 2.45) is 5.92 Å². The van der Waals surface area contributed by atoms with Crippen LogP contribution in [0.3, 0.4) is 0 Å². The van der Waals surface area contributed by atoms with Gasteiger partial charge in [-0.05, 0) is 59.0 Å². The van der Waals surface area contributed by atoms with Gasteiger partial charge >= 0.3 is 0 Å². The largest absolute Gasteiger partial charge is 0.340 e. The summed E-state index contributed by atoms with van der Waals surface area (Å²) in [6.07, 6.45) is 4.03. The second-order valence-electron chi connectivity index (χ2n) is 7.40. The van der Waals surface area contributed by atoms with Gasteiger partial charge in [0.25, 0.3) is 0 Å². The first-order valence-electron chi connectivity index (χ1n) is 8.93. The normalized spacial score (nSPS) is 24.6. The Hall–Kier alpha value is -1.43. The van der Waals surface area contributed by atoms with Crippen LogP contribution < -0.4 is 0 Å². The predicted octanol–water partition coefficient (Wildman–Crippen LogP) is 1.94. The molecule has 6 heteroatoms. The Morgan fingerprint density at radius 2 is 2.00 bits per heavy atom. The van der Waals surface area contributed by atoms with Crippen molar-refractivity contribution in [3.05, 3.63) is 11.6 Å². The van der Waals surface area contributed by atoms with Crippen molar-refractivity contribution < 1.29 is 4.79 Å². The van der Waals surface area contributed by atoms with Crippen LogP contribution in [0.2, 0.25) is 0 Å². The lowest BCUT2D eigenvalue weighted by Gasteiger charge is -2.39. The number of aromatic nitrogens is 3. The van der Waals surface area contributed by atoms with Crippen molar-refractivity contribution in [3.63, 3.8) is 0 Å². The summed E-state index contributed by atoms with van der Waals surface area (Å²) in [5.41, 5.74) is 0. The average Bonchev–Trinajstić information content (AvgIpc) is 2.96. The third kappa shape index (κ3) is 3.91. The lowest BCUT2D eigenvalue weighted by Crippen LogP contribution is -2.47. The number of aromatic amines is 1. The monoisotopic (exact) mass is 319 g/mol. The molecule has 2 fully saturated rings. The highest BCUT2D eigenvalue weighted by atomic mass is 16.2. The Labute approximate surface area is 138 Å². The second kappa shape index (κ2) is 6.99. The fraction of sp³-hybridized carbons (Fsp3) is 0.824. The third-order valence-corrected chi connectivity index (χ3v) is 5.25. The van der Waals surface area contributed by atoms with E-state index in [2.05, 4.69) is 38.8 Å². The Balaban J connectivity index is 1.48. The molecular weight excluding hydrogens is 290 g/mol. The van der Waals surface area contributed by atoms with Crippen LogP contribution in [-0.4, -0.2) is 63.1 Å². The van der Waals surface area contributed by atoms with Gasteiger partial charge in [-0.3, -0.25) is 9.89 Å². The number of nitrogens with one attached hydrogen (secondary N) is 1. The van der Waals surface area contributed by atoms with Gasteiger partial charge in [0.1, 0.15) is 5.82 Å². The van der Waals surface area contributed by atoms with Gasteiger partial charge in [-0.15, -0.1) is 0 Å². The molecule has 2 saturated heterocycles. The number of hydrogen-bond donors (Lipinski definition) is 1. The maximum absolute atomic E-state index is 12.0. The molecule has 0 aromatic carbocycles. The smallest absolute Gasteiger partial charge is 0.222 e. The summed E-state index contributed by atoms with van der Waals surface area (Å²) in [5, 5.41) is 7.27. The van der Waals surface area contributed by atoms with Crippen molar-refractivity contribution in [2.45, 2.75) is 58.4 Å². The maximum Gasteiger partial charge on any atom is 0.222 e.